The van der Waals surface area contributed by atoms with Crippen molar-refractivity contribution in [3.63, 3.8) is 0 Å². The van der Waals surface area contributed by atoms with Crippen LogP contribution in [0.4, 0.5) is 17.6 Å². The first-order valence-corrected chi connectivity index (χ1v) is 7.09. The molecular formula is C13H22F4N2. The summed E-state index contributed by atoms with van der Waals surface area (Å²) in [5.41, 5.74) is 0. The van der Waals surface area contributed by atoms with E-state index in [0.29, 0.717) is 6.04 Å². The van der Waals surface area contributed by atoms with Gasteiger partial charge >= 0.3 is 12.3 Å². The van der Waals surface area contributed by atoms with E-state index in [1.165, 1.54) is 0 Å². The molecule has 0 aromatic heterocycles. The van der Waals surface area contributed by atoms with Gasteiger partial charge in [-0.25, -0.2) is 8.78 Å². The molecule has 2 rings (SSSR count). The maximum atomic E-state index is 13.2. The second-order valence-electron chi connectivity index (χ2n) is 5.74. The van der Waals surface area contributed by atoms with Crippen molar-refractivity contribution < 1.29 is 17.6 Å². The van der Waals surface area contributed by atoms with Crippen LogP contribution >= 0.6 is 0 Å². The van der Waals surface area contributed by atoms with Crippen LogP contribution in [0.15, 0.2) is 0 Å². The zero-order valence-electron chi connectivity index (χ0n) is 11.2. The van der Waals surface area contributed by atoms with Gasteiger partial charge in [-0.3, -0.25) is 4.90 Å². The quantitative estimate of drug-likeness (QED) is 0.754. The normalized spacial score (nSPS) is 32.2. The summed E-state index contributed by atoms with van der Waals surface area (Å²) in [6.45, 7) is 2.22. The second-order valence-corrected chi connectivity index (χ2v) is 5.74. The first-order chi connectivity index (χ1) is 8.94. The average molecular weight is 282 g/mol. The number of hydrogen-bond donors (Lipinski definition) is 1. The Morgan fingerprint density at radius 2 is 1.79 bits per heavy atom. The van der Waals surface area contributed by atoms with Crippen LogP contribution in [0.2, 0.25) is 0 Å². The van der Waals surface area contributed by atoms with E-state index in [0.717, 1.165) is 38.6 Å². The molecule has 1 N–H and O–H groups in total. The lowest BCUT2D eigenvalue weighted by Crippen LogP contribution is -2.53. The Labute approximate surface area is 111 Å². The Balaban J connectivity index is 1.92. The fourth-order valence-corrected chi connectivity index (χ4v) is 3.36. The third-order valence-corrected chi connectivity index (χ3v) is 4.28. The number of rotatable bonds is 6. The smallest absolute Gasteiger partial charge is 0.314 e. The lowest BCUT2D eigenvalue weighted by molar-refractivity contribution is -0.150. The molecule has 2 nitrogen and oxygen atoms in total. The first kappa shape index (κ1) is 15.0. The third-order valence-electron chi connectivity index (χ3n) is 4.28. The summed E-state index contributed by atoms with van der Waals surface area (Å²) in [6.07, 6.45) is 0.788. The zero-order chi connectivity index (χ0) is 14.0. The minimum Gasteiger partial charge on any atom is -0.314 e. The molecule has 19 heavy (non-hydrogen) atoms. The summed E-state index contributed by atoms with van der Waals surface area (Å²) >= 11 is 0. The van der Waals surface area contributed by atoms with Crippen LogP contribution in [-0.4, -0.2) is 48.5 Å². The van der Waals surface area contributed by atoms with Crippen molar-refractivity contribution >= 4 is 0 Å². The molecule has 2 atom stereocenters. The zero-order valence-corrected chi connectivity index (χ0v) is 11.2. The summed E-state index contributed by atoms with van der Waals surface area (Å²) in [7, 11) is 0. The van der Waals surface area contributed by atoms with Crippen molar-refractivity contribution in [2.75, 3.05) is 13.1 Å². The van der Waals surface area contributed by atoms with E-state index in [1.807, 2.05) is 0 Å². The molecule has 2 aliphatic heterocycles. The molecule has 0 aromatic rings. The molecule has 0 radical (unpaired) electrons. The van der Waals surface area contributed by atoms with E-state index in [-0.39, 0.29) is 12.1 Å². The fraction of sp³-hybridized carbons (Fsp3) is 1.00. The molecule has 2 bridgehead atoms. The largest absolute Gasteiger partial charge is 0.319 e. The molecule has 2 aliphatic rings. The van der Waals surface area contributed by atoms with Gasteiger partial charge in [-0.05, 0) is 38.6 Å². The van der Waals surface area contributed by atoms with Crippen molar-refractivity contribution in [2.45, 2.75) is 69.5 Å². The van der Waals surface area contributed by atoms with Crippen molar-refractivity contribution in [3.8, 4) is 0 Å². The Hall–Kier alpha value is -0.360. The Bertz CT molecular complexity index is 284. The Kier molecular flexibility index (Phi) is 4.71. The van der Waals surface area contributed by atoms with Crippen molar-refractivity contribution in [1.29, 1.82) is 0 Å². The average Bonchev–Trinajstić information content (AvgIpc) is 2.59. The Morgan fingerprint density at radius 3 is 2.26 bits per heavy atom. The summed E-state index contributed by atoms with van der Waals surface area (Å²) in [5.74, 6) is -3.88. The van der Waals surface area contributed by atoms with Crippen LogP contribution in [0, 0.1) is 0 Å². The monoisotopic (exact) mass is 282 g/mol. The van der Waals surface area contributed by atoms with E-state index in [9.17, 15) is 17.6 Å². The van der Waals surface area contributed by atoms with Gasteiger partial charge in [-0.2, -0.15) is 8.78 Å². The lowest BCUT2D eigenvalue weighted by atomic mass is 9.96. The van der Waals surface area contributed by atoms with Crippen molar-refractivity contribution in [1.82, 2.24) is 10.2 Å². The highest BCUT2D eigenvalue weighted by molar-refractivity contribution is 4.99. The van der Waals surface area contributed by atoms with Gasteiger partial charge in [0.1, 0.15) is 0 Å². The number of piperidine rings is 1. The molecule has 0 amide bonds. The van der Waals surface area contributed by atoms with Gasteiger partial charge < -0.3 is 5.32 Å². The summed E-state index contributed by atoms with van der Waals surface area (Å²) in [5, 5.41) is 3.42. The topological polar surface area (TPSA) is 15.3 Å². The molecule has 2 unspecified atom stereocenters. The summed E-state index contributed by atoms with van der Waals surface area (Å²) in [6, 6.07) is 0.435. The fourth-order valence-electron chi connectivity index (χ4n) is 3.36. The number of alkyl halides is 4. The van der Waals surface area contributed by atoms with Crippen LogP contribution < -0.4 is 5.32 Å². The van der Waals surface area contributed by atoms with E-state index < -0.39 is 18.9 Å². The minimum atomic E-state index is -3.88. The van der Waals surface area contributed by atoms with Gasteiger partial charge in [-0.15, -0.1) is 0 Å². The van der Waals surface area contributed by atoms with E-state index in [2.05, 4.69) is 12.2 Å². The number of nitrogens with zero attached hydrogens (tertiary/aromatic N) is 1. The van der Waals surface area contributed by atoms with Gasteiger partial charge in [0.05, 0.1) is 6.54 Å². The predicted octanol–water partition coefficient (Wildman–Crippen LogP) is 2.88. The molecule has 0 saturated carbocycles. The molecule has 6 heteroatoms. The lowest BCUT2D eigenvalue weighted by Gasteiger charge is -2.40. The molecule has 0 aromatic carbocycles. The van der Waals surface area contributed by atoms with Crippen LogP contribution in [0.25, 0.3) is 0 Å². The SMILES string of the molecule is CCCNC1CC2CCC(C1)N2CC(F)(F)C(F)F. The van der Waals surface area contributed by atoms with E-state index >= 15 is 0 Å². The molecule has 0 aliphatic carbocycles. The molecule has 0 spiro atoms. The van der Waals surface area contributed by atoms with Crippen LogP contribution in [0.1, 0.15) is 39.0 Å². The first-order valence-electron chi connectivity index (χ1n) is 7.09. The molecule has 2 saturated heterocycles. The number of fused-ring (bicyclic) bond motifs is 2. The summed E-state index contributed by atoms with van der Waals surface area (Å²) < 4.78 is 51.0. The number of nitrogens with one attached hydrogen (secondary N) is 1. The third kappa shape index (κ3) is 3.40. The van der Waals surface area contributed by atoms with Crippen LogP contribution in [-0.2, 0) is 0 Å². The van der Waals surface area contributed by atoms with Crippen molar-refractivity contribution in [2.24, 2.45) is 0 Å². The van der Waals surface area contributed by atoms with Gasteiger partial charge in [-0.1, -0.05) is 6.92 Å². The van der Waals surface area contributed by atoms with E-state index in [1.54, 1.807) is 4.90 Å². The molecular weight excluding hydrogens is 260 g/mol. The highest BCUT2D eigenvalue weighted by Gasteiger charge is 2.49. The highest BCUT2D eigenvalue weighted by Crippen LogP contribution is 2.38. The predicted molar refractivity (Wildman–Crippen MR) is 65.8 cm³/mol. The van der Waals surface area contributed by atoms with Gasteiger partial charge in [0.15, 0.2) is 0 Å². The van der Waals surface area contributed by atoms with Gasteiger partial charge in [0, 0.05) is 18.1 Å². The Morgan fingerprint density at radius 1 is 1.21 bits per heavy atom. The van der Waals surface area contributed by atoms with Crippen molar-refractivity contribution in [3.05, 3.63) is 0 Å². The van der Waals surface area contributed by atoms with Crippen LogP contribution in [0.3, 0.4) is 0 Å². The molecule has 112 valence electrons. The maximum Gasteiger partial charge on any atom is 0.319 e. The standard InChI is InChI=1S/C13H22F4N2/c1-2-5-18-9-6-10-3-4-11(7-9)19(10)8-13(16,17)12(14)15/h9-12,18H,2-8H2,1H3. The van der Waals surface area contributed by atoms with Crippen LogP contribution in [0.5, 0.6) is 0 Å². The molecule has 2 heterocycles. The number of hydrogen-bond acceptors (Lipinski definition) is 2. The summed E-state index contributed by atoms with van der Waals surface area (Å²) in [4.78, 5) is 1.62. The van der Waals surface area contributed by atoms with Gasteiger partial charge in [0.2, 0.25) is 0 Å². The second kappa shape index (κ2) is 5.95. The minimum absolute atomic E-state index is 0.0396. The number of halogens is 4. The molecule has 2 fully saturated rings. The maximum absolute atomic E-state index is 13.2. The van der Waals surface area contributed by atoms with E-state index in [4.69, 9.17) is 0 Å². The van der Waals surface area contributed by atoms with Gasteiger partial charge in [0.25, 0.3) is 0 Å². The highest BCUT2D eigenvalue weighted by atomic mass is 19.3.